The van der Waals surface area contributed by atoms with E-state index in [0.29, 0.717) is 16.3 Å². The molecule has 1 aromatic rings. The van der Waals surface area contributed by atoms with E-state index in [0.717, 1.165) is 12.0 Å². The van der Waals surface area contributed by atoms with E-state index in [1.54, 1.807) is 24.4 Å². The summed E-state index contributed by atoms with van der Waals surface area (Å²) < 4.78 is 14.2. The average molecular weight is 489 g/mol. The fourth-order valence-corrected chi connectivity index (χ4v) is 4.41. The van der Waals surface area contributed by atoms with Crippen molar-refractivity contribution in [2.75, 3.05) is 19.6 Å². The lowest BCUT2D eigenvalue weighted by atomic mass is 10.1. The number of halogens is 2. The summed E-state index contributed by atoms with van der Waals surface area (Å²) >= 11 is 5.93. The first kappa shape index (κ1) is 23.7. The summed E-state index contributed by atoms with van der Waals surface area (Å²) in [6.07, 6.45) is 2.56. The third kappa shape index (κ3) is 5.22. The highest BCUT2D eigenvalue weighted by Gasteiger charge is 2.44. The van der Waals surface area contributed by atoms with Crippen LogP contribution in [0.1, 0.15) is 24.3 Å². The van der Waals surface area contributed by atoms with E-state index in [4.69, 9.17) is 23.1 Å². The van der Waals surface area contributed by atoms with Crippen LogP contribution in [-0.4, -0.2) is 66.2 Å². The number of likely N-dealkylation sites (tertiary alicyclic amines) is 1. The summed E-state index contributed by atoms with van der Waals surface area (Å²) in [4.78, 5) is 42.7. The van der Waals surface area contributed by atoms with E-state index in [-0.39, 0.29) is 49.6 Å². The van der Waals surface area contributed by atoms with E-state index in [1.165, 1.54) is 4.90 Å². The first-order valence-corrected chi connectivity index (χ1v) is 11.3. The number of nitrogens with zero attached hydrogens (tertiary/aromatic N) is 2. The molecular weight excluding hydrogens is 463 g/mol. The van der Waals surface area contributed by atoms with Crippen LogP contribution < -0.4 is 22.1 Å². The van der Waals surface area contributed by atoms with Crippen LogP contribution in [0.15, 0.2) is 52.8 Å². The molecule has 180 valence electrons. The molecule has 3 aliphatic rings. The van der Waals surface area contributed by atoms with E-state index in [9.17, 15) is 18.8 Å². The Hall–Kier alpha value is -3.40. The average Bonchev–Trinajstić information content (AvgIpc) is 3.46. The summed E-state index contributed by atoms with van der Waals surface area (Å²) in [5.74, 6) is -1.48. The molecule has 4 rings (SSSR count). The second-order valence-electron chi connectivity index (χ2n) is 8.57. The molecular formula is C23H26ClFN6O3. The maximum atomic E-state index is 14.2. The summed E-state index contributed by atoms with van der Waals surface area (Å²) in [5, 5.41) is 6.51. The Morgan fingerprint density at radius 1 is 1.21 bits per heavy atom. The molecule has 2 fully saturated rings. The number of rotatable bonds is 6. The zero-order valence-corrected chi connectivity index (χ0v) is 19.1. The molecule has 4 atom stereocenters. The Morgan fingerprint density at radius 2 is 1.94 bits per heavy atom. The number of alkyl halides is 1. The molecule has 1 aromatic carbocycles. The standard InChI is InChI=1S/C23H26ClFN6O3/c24-13-3-1-12(2-4-13)16-8-17(16)30-23(34)19-7-14(25)11-31(19)20(32)10-29-18-9-28-6-5-15(18)21(26)22(27)33/h1-6,14,16-17,19,28H,7-11,26H2,(H2,27,33)(H,30,34)/t14-,16+,17-,19+/m1/s1. The van der Waals surface area contributed by atoms with E-state index in [2.05, 4.69) is 15.6 Å². The van der Waals surface area contributed by atoms with Crippen molar-refractivity contribution >= 4 is 35.0 Å². The van der Waals surface area contributed by atoms with Crippen LogP contribution in [0.25, 0.3) is 0 Å². The first-order chi connectivity index (χ1) is 16.2. The van der Waals surface area contributed by atoms with Gasteiger partial charge in [0.2, 0.25) is 11.8 Å². The minimum Gasteiger partial charge on any atom is -0.394 e. The molecule has 1 aliphatic carbocycles. The zero-order valence-electron chi connectivity index (χ0n) is 18.3. The van der Waals surface area contributed by atoms with Gasteiger partial charge in [-0.15, -0.1) is 0 Å². The van der Waals surface area contributed by atoms with Crippen molar-refractivity contribution in [1.29, 1.82) is 0 Å². The molecule has 11 heteroatoms. The predicted molar refractivity (Wildman–Crippen MR) is 126 cm³/mol. The normalized spacial score (nSPS) is 28.4. The SMILES string of the molecule is NC(=O)C(N)=C1C=CNCC1=NCC(=O)N1C[C@H](F)C[C@H]1C(=O)N[C@@H]1C[C@H]1c1ccc(Cl)cc1. The number of carbonyl (C=O) groups excluding carboxylic acids is 3. The van der Waals surface area contributed by atoms with Gasteiger partial charge in [-0.05, 0) is 36.4 Å². The molecule has 0 unspecified atom stereocenters. The highest BCUT2D eigenvalue weighted by Crippen LogP contribution is 2.41. The summed E-state index contributed by atoms with van der Waals surface area (Å²) in [6.45, 7) is -0.235. The van der Waals surface area contributed by atoms with Gasteiger partial charge in [0, 0.05) is 29.0 Å². The van der Waals surface area contributed by atoms with Gasteiger partial charge >= 0.3 is 0 Å². The maximum absolute atomic E-state index is 14.2. The molecule has 9 nitrogen and oxygen atoms in total. The summed E-state index contributed by atoms with van der Waals surface area (Å²) in [5.41, 5.74) is 12.6. The molecule has 0 radical (unpaired) electrons. The minimum atomic E-state index is -1.29. The molecule has 2 heterocycles. The third-order valence-electron chi connectivity index (χ3n) is 6.20. The molecule has 1 saturated heterocycles. The number of allylic oxidation sites excluding steroid dienone is 1. The number of hydrogen-bond acceptors (Lipinski definition) is 6. The van der Waals surface area contributed by atoms with Crippen LogP contribution >= 0.6 is 11.6 Å². The molecule has 34 heavy (non-hydrogen) atoms. The lowest BCUT2D eigenvalue weighted by Crippen LogP contribution is -2.47. The highest BCUT2D eigenvalue weighted by atomic mass is 35.5. The van der Waals surface area contributed by atoms with Crippen molar-refractivity contribution < 1.29 is 18.8 Å². The lowest BCUT2D eigenvalue weighted by molar-refractivity contribution is -0.137. The Morgan fingerprint density at radius 3 is 2.65 bits per heavy atom. The van der Waals surface area contributed by atoms with Crippen LogP contribution in [0.2, 0.25) is 5.02 Å². The van der Waals surface area contributed by atoms with Gasteiger partial charge in [-0.2, -0.15) is 0 Å². The maximum Gasteiger partial charge on any atom is 0.265 e. The van der Waals surface area contributed by atoms with Gasteiger partial charge in [-0.1, -0.05) is 23.7 Å². The summed E-state index contributed by atoms with van der Waals surface area (Å²) in [6, 6.07) is 6.49. The molecule has 2 aliphatic heterocycles. The van der Waals surface area contributed by atoms with Gasteiger partial charge in [0.15, 0.2) is 0 Å². The van der Waals surface area contributed by atoms with Crippen molar-refractivity contribution in [3.63, 3.8) is 0 Å². The zero-order chi connectivity index (χ0) is 24.4. The topological polar surface area (TPSA) is 143 Å². The predicted octanol–water partition coefficient (Wildman–Crippen LogP) is 0.507. The second kappa shape index (κ2) is 9.84. The fraction of sp³-hybridized carbons (Fsp3) is 0.391. The van der Waals surface area contributed by atoms with Crippen molar-refractivity contribution in [2.45, 2.75) is 37.0 Å². The van der Waals surface area contributed by atoms with Crippen LogP contribution in [0.3, 0.4) is 0 Å². The Labute approximate surface area is 201 Å². The number of nitrogens with two attached hydrogens (primary N) is 2. The molecule has 0 aromatic heterocycles. The third-order valence-corrected chi connectivity index (χ3v) is 6.45. The van der Waals surface area contributed by atoms with Crippen LogP contribution in [-0.2, 0) is 14.4 Å². The van der Waals surface area contributed by atoms with Crippen LogP contribution in [0.5, 0.6) is 0 Å². The number of amides is 3. The number of benzene rings is 1. The quantitative estimate of drug-likeness (QED) is 0.431. The molecule has 1 saturated carbocycles. The number of carbonyl (C=O) groups is 3. The largest absolute Gasteiger partial charge is 0.394 e. The van der Waals surface area contributed by atoms with Gasteiger partial charge in [-0.25, -0.2) is 4.39 Å². The van der Waals surface area contributed by atoms with Crippen LogP contribution in [0.4, 0.5) is 4.39 Å². The van der Waals surface area contributed by atoms with E-state index >= 15 is 0 Å². The van der Waals surface area contributed by atoms with Crippen molar-refractivity contribution in [3.8, 4) is 0 Å². The number of nitrogens with one attached hydrogen (secondary N) is 2. The van der Waals surface area contributed by atoms with Gasteiger partial charge < -0.3 is 27.0 Å². The van der Waals surface area contributed by atoms with Gasteiger partial charge in [0.05, 0.1) is 18.8 Å². The van der Waals surface area contributed by atoms with Crippen molar-refractivity contribution in [1.82, 2.24) is 15.5 Å². The fourth-order valence-electron chi connectivity index (χ4n) is 4.28. The second-order valence-corrected chi connectivity index (χ2v) is 9.01. The number of primary amides is 1. The Kier molecular flexibility index (Phi) is 6.87. The minimum absolute atomic E-state index is 0.0590. The van der Waals surface area contributed by atoms with Gasteiger partial charge in [0.25, 0.3) is 5.91 Å². The molecule has 0 bridgehead atoms. The Balaban J connectivity index is 1.39. The van der Waals surface area contributed by atoms with E-state index in [1.807, 2.05) is 12.1 Å². The van der Waals surface area contributed by atoms with Crippen molar-refractivity contribution in [3.05, 3.63) is 58.4 Å². The highest BCUT2D eigenvalue weighted by molar-refractivity contribution is 6.30. The lowest BCUT2D eigenvalue weighted by Gasteiger charge is -2.23. The molecule has 6 N–H and O–H groups in total. The number of hydrogen-bond donors (Lipinski definition) is 4. The molecule has 0 spiro atoms. The van der Waals surface area contributed by atoms with Crippen LogP contribution in [0, 0.1) is 0 Å². The van der Waals surface area contributed by atoms with Gasteiger partial charge in [-0.3, -0.25) is 19.4 Å². The van der Waals surface area contributed by atoms with E-state index < -0.39 is 24.0 Å². The van der Waals surface area contributed by atoms with Crippen molar-refractivity contribution in [2.24, 2.45) is 16.5 Å². The van der Waals surface area contributed by atoms with Gasteiger partial charge in [0.1, 0.15) is 24.5 Å². The monoisotopic (exact) mass is 488 g/mol. The summed E-state index contributed by atoms with van der Waals surface area (Å²) in [7, 11) is 0. The smallest absolute Gasteiger partial charge is 0.265 e. The Bertz CT molecular complexity index is 1090. The first-order valence-electron chi connectivity index (χ1n) is 11.0. The molecule has 3 amide bonds. The number of aliphatic imine (C=N–C) groups is 1.